The Bertz CT molecular complexity index is 476. The number of aliphatic hydroxyl groups is 1. The minimum atomic E-state index is -0.514. The fourth-order valence-electron chi connectivity index (χ4n) is 1.47. The zero-order chi connectivity index (χ0) is 14.4. The molecule has 1 aromatic carbocycles. The molecule has 1 unspecified atom stereocenters. The molecule has 0 heterocycles. The quantitative estimate of drug-likeness (QED) is 0.526. The summed E-state index contributed by atoms with van der Waals surface area (Å²) in [5.74, 6) is -0.351. The number of nitro benzene ring substituents is 1. The molecule has 7 nitrogen and oxygen atoms in total. The van der Waals surface area contributed by atoms with Crippen LogP contribution in [0.25, 0.3) is 0 Å². The van der Waals surface area contributed by atoms with Crippen molar-refractivity contribution >= 4 is 17.3 Å². The lowest BCUT2D eigenvalue weighted by Crippen LogP contribution is -2.19. The number of rotatable bonds is 6. The molecule has 19 heavy (non-hydrogen) atoms. The SMILES string of the molecule is CNC(=O)c1ccc([N+](=O)[O-])c(NCC(C)CO)c1. The summed E-state index contributed by atoms with van der Waals surface area (Å²) in [7, 11) is 1.49. The topological polar surface area (TPSA) is 104 Å². The number of nitrogens with one attached hydrogen (secondary N) is 2. The lowest BCUT2D eigenvalue weighted by molar-refractivity contribution is -0.384. The van der Waals surface area contributed by atoms with Gasteiger partial charge in [0.25, 0.3) is 11.6 Å². The van der Waals surface area contributed by atoms with E-state index in [0.717, 1.165) is 0 Å². The van der Waals surface area contributed by atoms with Crippen LogP contribution in [0.5, 0.6) is 0 Å². The van der Waals surface area contributed by atoms with E-state index in [9.17, 15) is 14.9 Å². The second kappa shape index (κ2) is 6.69. The van der Waals surface area contributed by atoms with Gasteiger partial charge in [0, 0.05) is 31.8 Å². The van der Waals surface area contributed by atoms with E-state index in [4.69, 9.17) is 5.11 Å². The Morgan fingerprint density at radius 1 is 1.53 bits per heavy atom. The molecule has 0 spiro atoms. The van der Waals surface area contributed by atoms with Gasteiger partial charge in [-0.05, 0) is 18.1 Å². The van der Waals surface area contributed by atoms with Crippen molar-refractivity contribution in [3.63, 3.8) is 0 Å². The van der Waals surface area contributed by atoms with Gasteiger partial charge in [-0.3, -0.25) is 14.9 Å². The van der Waals surface area contributed by atoms with Crippen molar-refractivity contribution in [2.45, 2.75) is 6.92 Å². The molecule has 0 fully saturated rings. The number of nitro groups is 1. The number of carbonyl (C=O) groups excluding carboxylic acids is 1. The fourth-order valence-corrected chi connectivity index (χ4v) is 1.47. The summed E-state index contributed by atoms with van der Waals surface area (Å²) in [6.45, 7) is 2.17. The molecule has 0 aromatic heterocycles. The molecule has 0 aliphatic rings. The van der Waals surface area contributed by atoms with Gasteiger partial charge in [0.05, 0.1) is 4.92 Å². The van der Waals surface area contributed by atoms with Crippen molar-refractivity contribution in [3.8, 4) is 0 Å². The number of benzene rings is 1. The second-order valence-corrected chi connectivity index (χ2v) is 4.24. The first-order chi connectivity index (χ1) is 8.99. The highest BCUT2D eigenvalue weighted by atomic mass is 16.6. The molecule has 7 heteroatoms. The zero-order valence-corrected chi connectivity index (χ0v) is 10.8. The molecule has 0 saturated heterocycles. The summed E-state index contributed by atoms with van der Waals surface area (Å²) >= 11 is 0. The van der Waals surface area contributed by atoms with Crippen molar-refractivity contribution in [1.82, 2.24) is 5.32 Å². The van der Waals surface area contributed by atoms with Crippen molar-refractivity contribution in [2.24, 2.45) is 5.92 Å². The van der Waals surface area contributed by atoms with E-state index in [1.807, 2.05) is 0 Å². The summed E-state index contributed by atoms with van der Waals surface area (Å²) < 4.78 is 0. The summed E-state index contributed by atoms with van der Waals surface area (Å²) in [4.78, 5) is 21.9. The van der Waals surface area contributed by atoms with E-state index in [1.165, 1.54) is 25.2 Å². The van der Waals surface area contributed by atoms with Gasteiger partial charge < -0.3 is 15.7 Å². The highest BCUT2D eigenvalue weighted by Gasteiger charge is 2.16. The maximum atomic E-state index is 11.5. The average Bonchev–Trinajstić information content (AvgIpc) is 2.43. The van der Waals surface area contributed by atoms with Crippen molar-refractivity contribution < 1.29 is 14.8 Å². The van der Waals surface area contributed by atoms with Crippen LogP contribution in [0.2, 0.25) is 0 Å². The molecule has 0 aliphatic heterocycles. The van der Waals surface area contributed by atoms with E-state index in [2.05, 4.69) is 10.6 Å². The van der Waals surface area contributed by atoms with Crippen LogP contribution in [-0.2, 0) is 0 Å². The number of anilines is 1. The third-order valence-corrected chi connectivity index (χ3v) is 2.64. The Balaban J connectivity index is 3.01. The predicted molar refractivity (Wildman–Crippen MR) is 71.2 cm³/mol. The number of amides is 1. The minimum Gasteiger partial charge on any atom is -0.396 e. The molecule has 1 atom stereocenters. The van der Waals surface area contributed by atoms with Crippen molar-refractivity contribution in [2.75, 3.05) is 25.5 Å². The smallest absolute Gasteiger partial charge is 0.292 e. The van der Waals surface area contributed by atoms with E-state index >= 15 is 0 Å². The fraction of sp³-hybridized carbons (Fsp3) is 0.417. The standard InChI is InChI=1S/C12H17N3O4/c1-8(7-16)6-14-10-5-9(12(17)13-2)3-4-11(10)15(18)19/h3-5,8,14,16H,6-7H2,1-2H3,(H,13,17). The molecule has 0 bridgehead atoms. The van der Waals surface area contributed by atoms with Crippen LogP contribution in [0.15, 0.2) is 18.2 Å². The van der Waals surface area contributed by atoms with Crippen LogP contribution < -0.4 is 10.6 Å². The number of hydrogen-bond donors (Lipinski definition) is 3. The Hall–Kier alpha value is -2.15. The molecule has 3 N–H and O–H groups in total. The van der Waals surface area contributed by atoms with Crippen LogP contribution >= 0.6 is 0 Å². The van der Waals surface area contributed by atoms with E-state index in [-0.39, 0.29) is 29.8 Å². The highest BCUT2D eigenvalue weighted by molar-refractivity contribution is 5.95. The maximum Gasteiger partial charge on any atom is 0.292 e. The number of nitrogens with zero attached hydrogens (tertiary/aromatic N) is 1. The van der Waals surface area contributed by atoms with E-state index < -0.39 is 4.92 Å². The first-order valence-corrected chi connectivity index (χ1v) is 5.84. The average molecular weight is 267 g/mol. The summed E-state index contributed by atoms with van der Waals surface area (Å²) in [6, 6.07) is 4.12. The van der Waals surface area contributed by atoms with Crippen LogP contribution in [0.4, 0.5) is 11.4 Å². The van der Waals surface area contributed by atoms with Gasteiger partial charge in [0.2, 0.25) is 0 Å². The molecule has 1 aromatic rings. The van der Waals surface area contributed by atoms with Gasteiger partial charge in [-0.1, -0.05) is 6.92 Å². The predicted octanol–water partition coefficient (Wildman–Crippen LogP) is 0.995. The van der Waals surface area contributed by atoms with Gasteiger partial charge in [0.1, 0.15) is 5.69 Å². The summed E-state index contributed by atoms with van der Waals surface area (Å²) in [5.41, 5.74) is 0.511. The Labute approximate surface area is 110 Å². The first-order valence-electron chi connectivity index (χ1n) is 5.84. The number of aliphatic hydroxyl groups excluding tert-OH is 1. The Morgan fingerprint density at radius 2 is 2.21 bits per heavy atom. The molecule has 0 aliphatic carbocycles. The van der Waals surface area contributed by atoms with Crippen molar-refractivity contribution in [1.29, 1.82) is 0 Å². The van der Waals surface area contributed by atoms with Crippen LogP contribution in [0.1, 0.15) is 17.3 Å². The maximum absolute atomic E-state index is 11.5. The Morgan fingerprint density at radius 3 is 2.74 bits per heavy atom. The van der Waals surface area contributed by atoms with Gasteiger partial charge in [-0.2, -0.15) is 0 Å². The van der Waals surface area contributed by atoms with E-state index in [1.54, 1.807) is 6.92 Å². The normalized spacial score (nSPS) is 11.7. The first kappa shape index (κ1) is 14.9. The van der Waals surface area contributed by atoms with Crippen LogP contribution in [0.3, 0.4) is 0 Å². The Kier molecular flexibility index (Phi) is 5.25. The molecule has 0 radical (unpaired) electrons. The monoisotopic (exact) mass is 267 g/mol. The van der Waals surface area contributed by atoms with E-state index in [0.29, 0.717) is 12.1 Å². The van der Waals surface area contributed by atoms with Gasteiger partial charge >= 0.3 is 0 Å². The number of hydrogen-bond acceptors (Lipinski definition) is 5. The third kappa shape index (κ3) is 3.92. The number of carbonyl (C=O) groups is 1. The zero-order valence-electron chi connectivity index (χ0n) is 10.8. The van der Waals surface area contributed by atoms with Gasteiger partial charge in [-0.15, -0.1) is 0 Å². The summed E-state index contributed by atoms with van der Waals surface area (Å²) in [6.07, 6.45) is 0. The van der Waals surface area contributed by atoms with Crippen molar-refractivity contribution in [3.05, 3.63) is 33.9 Å². The molecular formula is C12H17N3O4. The largest absolute Gasteiger partial charge is 0.396 e. The highest BCUT2D eigenvalue weighted by Crippen LogP contribution is 2.25. The third-order valence-electron chi connectivity index (χ3n) is 2.64. The molecule has 1 amide bonds. The van der Waals surface area contributed by atoms with Gasteiger partial charge in [-0.25, -0.2) is 0 Å². The molecular weight excluding hydrogens is 250 g/mol. The molecule has 0 saturated carbocycles. The summed E-state index contributed by atoms with van der Waals surface area (Å²) in [5, 5.41) is 25.2. The van der Waals surface area contributed by atoms with Gasteiger partial charge in [0.15, 0.2) is 0 Å². The van der Waals surface area contributed by atoms with Crippen LogP contribution in [0, 0.1) is 16.0 Å². The molecule has 104 valence electrons. The molecule has 1 rings (SSSR count). The lowest BCUT2D eigenvalue weighted by Gasteiger charge is -2.12. The van der Waals surface area contributed by atoms with Crippen LogP contribution in [-0.4, -0.2) is 36.1 Å². The lowest BCUT2D eigenvalue weighted by atomic mass is 10.1. The minimum absolute atomic E-state index is 0.0179. The second-order valence-electron chi connectivity index (χ2n) is 4.24.